The predicted molar refractivity (Wildman–Crippen MR) is 109 cm³/mol. The Labute approximate surface area is 166 Å². The number of fused-ring (bicyclic) bond motifs is 1. The first kappa shape index (κ1) is 19.2. The predicted octanol–water partition coefficient (Wildman–Crippen LogP) is 2.36. The Morgan fingerprint density at radius 3 is 2.64 bits per heavy atom. The number of benzene rings is 1. The van der Waals surface area contributed by atoms with Gasteiger partial charge in [-0.25, -0.2) is 4.79 Å². The fourth-order valence-electron chi connectivity index (χ4n) is 4.66. The van der Waals surface area contributed by atoms with Crippen molar-refractivity contribution in [1.29, 1.82) is 0 Å². The molecule has 0 aliphatic carbocycles. The minimum Gasteiger partial charge on any atom is -0.465 e. The quantitative estimate of drug-likeness (QED) is 0.736. The van der Waals surface area contributed by atoms with Crippen molar-refractivity contribution in [3.05, 3.63) is 23.4 Å². The van der Waals surface area contributed by atoms with E-state index in [0.29, 0.717) is 17.6 Å². The molecule has 2 aliphatic rings. The van der Waals surface area contributed by atoms with E-state index >= 15 is 0 Å². The molecule has 0 amide bonds. The molecule has 0 N–H and O–H groups in total. The van der Waals surface area contributed by atoms with E-state index in [2.05, 4.69) is 21.8 Å². The number of nitrogens with zero attached hydrogens (tertiary/aromatic N) is 4. The van der Waals surface area contributed by atoms with Crippen LogP contribution >= 0.6 is 0 Å². The van der Waals surface area contributed by atoms with Crippen molar-refractivity contribution < 1.29 is 14.3 Å². The summed E-state index contributed by atoms with van der Waals surface area (Å²) in [4.78, 5) is 17.5. The normalized spacial score (nSPS) is 19.0. The van der Waals surface area contributed by atoms with E-state index in [-0.39, 0.29) is 5.97 Å². The zero-order valence-electron chi connectivity index (χ0n) is 17.3. The van der Waals surface area contributed by atoms with E-state index in [0.717, 1.165) is 67.8 Å². The third-order valence-corrected chi connectivity index (χ3v) is 6.39. The van der Waals surface area contributed by atoms with Crippen molar-refractivity contribution >= 4 is 22.6 Å². The molecular weight excluding hydrogens is 356 g/mol. The molecule has 0 saturated carbocycles. The van der Waals surface area contributed by atoms with Crippen molar-refractivity contribution in [2.24, 2.45) is 7.05 Å². The number of hydrogen-bond acceptors (Lipinski definition) is 6. The highest BCUT2D eigenvalue weighted by Gasteiger charge is 2.33. The molecular formula is C21H30N4O3. The molecule has 0 unspecified atom stereocenters. The number of methoxy groups -OCH3 is 1. The highest BCUT2D eigenvalue weighted by Crippen LogP contribution is 2.36. The van der Waals surface area contributed by atoms with Crippen LogP contribution in [0.5, 0.6) is 0 Å². The highest BCUT2D eigenvalue weighted by atomic mass is 16.5. The molecule has 1 aromatic carbocycles. The lowest BCUT2D eigenvalue weighted by molar-refractivity contribution is -0.0711. The van der Waals surface area contributed by atoms with Gasteiger partial charge in [0.1, 0.15) is 0 Å². The number of aromatic nitrogens is 2. The second-order valence-corrected chi connectivity index (χ2v) is 7.83. The van der Waals surface area contributed by atoms with Crippen LogP contribution < -0.4 is 4.90 Å². The summed E-state index contributed by atoms with van der Waals surface area (Å²) in [6, 6.07) is 2.96. The van der Waals surface area contributed by atoms with Gasteiger partial charge in [0.2, 0.25) is 0 Å². The van der Waals surface area contributed by atoms with E-state index in [1.807, 2.05) is 30.9 Å². The summed E-state index contributed by atoms with van der Waals surface area (Å²) in [6.07, 6.45) is 4.16. The van der Waals surface area contributed by atoms with Crippen LogP contribution in [-0.4, -0.2) is 72.7 Å². The number of ether oxygens (including phenoxy) is 2. The van der Waals surface area contributed by atoms with Gasteiger partial charge in [-0.05, 0) is 38.3 Å². The van der Waals surface area contributed by atoms with Crippen molar-refractivity contribution in [3.8, 4) is 0 Å². The molecule has 0 bridgehead atoms. The van der Waals surface area contributed by atoms with Gasteiger partial charge in [-0.3, -0.25) is 9.58 Å². The lowest BCUT2D eigenvalue weighted by Gasteiger charge is -2.44. The Bertz CT molecular complexity index is 866. The van der Waals surface area contributed by atoms with E-state index in [1.54, 1.807) is 0 Å². The summed E-state index contributed by atoms with van der Waals surface area (Å²) in [7, 11) is 3.35. The molecule has 2 aromatic rings. The first-order valence-corrected chi connectivity index (χ1v) is 10.2. The fraction of sp³-hybridized carbons (Fsp3) is 0.619. The number of likely N-dealkylation sites (tertiary alicyclic amines) is 1. The summed E-state index contributed by atoms with van der Waals surface area (Å²) in [6.45, 7) is 9.06. The SMILES string of the molecule is CCN(c1c(C)c(C(=O)OC)cc2c1cnn2C)C1CCN(C2COC2)CC1. The number of rotatable bonds is 5. The maximum absolute atomic E-state index is 12.4. The lowest BCUT2D eigenvalue weighted by Crippen LogP contribution is -2.54. The van der Waals surface area contributed by atoms with Crippen LogP contribution in [0.4, 0.5) is 5.69 Å². The Hall–Kier alpha value is -2.12. The molecule has 1 aromatic heterocycles. The summed E-state index contributed by atoms with van der Waals surface area (Å²) >= 11 is 0. The van der Waals surface area contributed by atoms with Crippen LogP contribution in [0.25, 0.3) is 10.9 Å². The van der Waals surface area contributed by atoms with Gasteiger partial charge < -0.3 is 14.4 Å². The van der Waals surface area contributed by atoms with Crippen LogP contribution in [0.1, 0.15) is 35.7 Å². The third-order valence-electron chi connectivity index (χ3n) is 6.39. The van der Waals surface area contributed by atoms with Gasteiger partial charge in [-0.1, -0.05) is 0 Å². The van der Waals surface area contributed by atoms with Crippen LogP contribution in [0.3, 0.4) is 0 Å². The van der Waals surface area contributed by atoms with Crippen LogP contribution in [0.15, 0.2) is 12.3 Å². The average Bonchev–Trinajstić information content (AvgIpc) is 3.03. The van der Waals surface area contributed by atoms with Gasteiger partial charge in [0.15, 0.2) is 0 Å². The standard InChI is InChI=1S/C21H30N4O3/c1-5-25(15-6-8-24(9-7-15)16-12-28-13-16)20-14(2)17(21(26)27-4)10-19-18(20)11-22-23(19)3/h10-11,15-16H,5-9,12-13H2,1-4H3. The van der Waals surface area contributed by atoms with Crippen LogP contribution in [0, 0.1) is 6.92 Å². The Morgan fingerprint density at radius 1 is 1.36 bits per heavy atom. The van der Waals surface area contributed by atoms with Gasteiger partial charge >= 0.3 is 5.97 Å². The molecule has 2 fully saturated rings. The number of esters is 1. The molecule has 0 radical (unpaired) electrons. The molecule has 7 nitrogen and oxygen atoms in total. The molecule has 7 heteroatoms. The number of carbonyl (C=O) groups is 1. The number of piperidine rings is 1. The van der Waals surface area contributed by atoms with Gasteiger partial charge in [0, 0.05) is 38.1 Å². The molecule has 2 aliphatic heterocycles. The highest BCUT2D eigenvalue weighted by molar-refractivity contribution is 6.03. The topological polar surface area (TPSA) is 59.8 Å². The second kappa shape index (κ2) is 7.72. The molecule has 4 rings (SSSR count). The van der Waals surface area contributed by atoms with Gasteiger partial charge in [-0.2, -0.15) is 5.10 Å². The molecule has 2 saturated heterocycles. The van der Waals surface area contributed by atoms with Crippen molar-refractivity contribution in [3.63, 3.8) is 0 Å². The van der Waals surface area contributed by atoms with E-state index in [1.165, 1.54) is 7.11 Å². The zero-order chi connectivity index (χ0) is 19.8. The number of anilines is 1. The van der Waals surface area contributed by atoms with Crippen LogP contribution in [0.2, 0.25) is 0 Å². The minimum atomic E-state index is -0.294. The van der Waals surface area contributed by atoms with Crippen LogP contribution in [-0.2, 0) is 16.5 Å². The van der Waals surface area contributed by atoms with Gasteiger partial charge in [-0.15, -0.1) is 0 Å². The Kier molecular flexibility index (Phi) is 5.29. The average molecular weight is 386 g/mol. The number of hydrogen-bond donors (Lipinski definition) is 0. The molecule has 28 heavy (non-hydrogen) atoms. The molecule has 3 heterocycles. The Morgan fingerprint density at radius 2 is 2.07 bits per heavy atom. The second-order valence-electron chi connectivity index (χ2n) is 7.83. The number of aryl methyl sites for hydroxylation is 1. The maximum Gasteiger partial charge on any atom is 0.338 e. The summed E-state index contributed by atoms with van der Waals surface area (Å²) in [5.74, 6) is -0.294. The van der Waals surface area contributed by atoms with E-state index in [9.17, 15) is 4.79 Å². The largest absolute Gasteiger partial charge is 0.465 e. The zero-order valence-corrected chi connectivity index (χ0v) is 17.3. The summed E-state index contributed by atoms with van der Waals surface area (Å²) in [5, 5.41) is 5.56. The number of carbonyl (C=O) groups excluding carboxylic acids is 1. The minimum absolute atomic E-state index is 0.294. The molecule has 152 valence electrons. The third kappa shape index (κ3) is 3.16. The van der Waals surface area contributed by atoms with E-state index in [4.69, 9.17) is 9.47 Å². The smallest absolute Gasteiger partial charge is 0.338 e. The van der Waals surface area contributed by atoms with Crippen molar-refractivity contribution in [2.75, 3.05) is 44.9 Å². The first-order valence-electron chi connectivity index (χ1n) is 10.2. The monoisotopic (exact) mass is 386 g/mol. The Balaban J connectivity index is 1.69. The fourth-order valence-corrected chi connectivity index (χ4v) is 4.66. The lowest BCUT2D eigenvalue weighted by atomic mass is 9.96. The van der Waals surface area contributed by atoms with Gasteiger partial charge in [0.25, 0.3) is 0 Å². The first-order chi connectivity index (χ1) is 13.5. The maximum atomic E-state index is 12.4. The summed E-state index contributed by atoms with van der Waals surface area (Å²) in [5.41, 5.74) is 3.68. The molecule has 0 atom stereocenters. The van der Waals surface area contributed by atoms with Gasteiger partial charge in [0.05, 0.1) is 49.3 Å². The van der Waals surface area contributed by atoms with Crippen molar-refractivity contribution in [2.45, 2.75) is 38.8 Å². The van der Waals surface area contributed by atoms with E-state index < -0.39 is 0 Å². The van der Waals surface area contributed by atoms with Crippen molar-refractivity contribution in [1.82, 2.24) is 14.7 Å². The summed E-state index contributed by atoms with van der Waals surface area (Å²) < 4.78 is 12.2. The molecule has 0 spiro atoms.